The summed E-state index contributed by atoms with van der Waals surface area (Å²) in [6.07, 6.45) is 2.02. The smallest absolute Gasteiger partial charge is 0.315 e. The molecule has 0 aliphatic heterocycles. The SMILES string of the molecule is COc1ccc(OC(=O)Cc2c(C)nc3nc(SC)nn3c2C)cc1. The molecule has 2 heterocycles. The number of esters is 1. The van der Waals surface area contributed by atoms with Crippen molar-refractivity contribution in [3.63, 3.8) is 0 Å². The molecule has 3 rings (SSSR count). The molecule has 3 aromatic rings. The van der Waals surface area contributed by atoms with Crippen LogP contribution in [0.1, 0.15) is 17.0 Å². The number of hydrogen-bond acceptors (Lipinski definition) is 7. The summed E-state index contributed by atoms with van der Waals surface area (Å²) in [5.74, 6) is 1.35. The van der Waals surface area contributed by atoms with Crippen LogP contribution >= 0.6 is 11.8 Å². The van der Waals surface area contributed by atoms with Gasteiger partial charge in [-0.2, -0.15) is 4.98 Å². The Kier molecular flexibility index (Phi) is 4.89. The molecule has 0 atom stereocenters. The van der Waals surface area contributed by atoms with E-state index in [2.05, 4.69) is 15.1 Å². The standard InChI is InChI=1S/C17H18N4O3S/c1-10-14(11(2)21-16(18-10)19-17(20-21)25-4)9-15(22)24-13-7-5-12(23-3)6-8-13/h5-8H,9H2,1-4H3. The van der Waals surface area contributed by atoms with Crippen molar-refractivity contribution >= 4 is 23.5 Å². The van der Waals surface area contributed by atoms with Crippen LogP contribution in [-0.4, -0.2) is 38.9 Å². The Hall–Kier alpha value is -2.61. The van der Waals surface area contributed by atoms with E-state index in [0.29, 0.717) is 22.4 Å². The van der Waals surface area contributed by atoms with Gasteiger partial charge >= 0.3 is 5.97 Å². The van der Waals surface area contributed by atoms with Crippen LogP contribution in [0.3, 0.4) is 0 Å². The summed E-state index contributed by atoms with van der Waals surface area (Å²) in [5.41, 5.74) is 2.38. The third kappa shape index (κ3) is 3.58. The van der Waals surface area contributed by atoms with E-state index in [4.69, 9.17) is 9.47 Å². The predicted octanol–water partition coefficient (Wildman–Crippen LogP) is 2.62. The number of carbonyl (C=O) groups is 1. The number of aryl methyl sites for hydroxylation is 2. The van der Waals surface area contributed by atoms with Crippen molar-refractivity contribution in [2.24, 2.45) is 0 Å². The number of rotatable bonds is 5. The molecule has 0 fully saturated rings. The predicted molar refractivity (Wildman–Crippen MR) is 94.4 cm³/mol. The number of hydrogen-bond donors (Lipinski definition) is 0. The molecule has 0 bridgehead atoms. The lowest BCUT2D eigenvalue weighted by Gasteiger charge is -2.10. The number of carbonyl (C=O) groups excluding carboxylic acids is 1. The van der Waals surface area contributed by atoms with Crippen LogP contribution in [0.2, 0.25) is 0 Å². The molecule has 0 unspecified atom stereocenters. The summed E-state index contributed by atoms with van der Waals surface area (Å²) in [5, 5.41) is 5.03. The zero-order chi connectivity index (χ0) is 18.0. The second-order valence-corrected chi connectivity index (χ2v) is 6.17. The number of aromatic nitrogens is 4. The first-order valence-electron chi connectivity index (χ1n) is 7.63. The molecule has 0 saturated heterocycles. The van der Waals surface area contributed by atoms with Crippen LogP contribution in [0.15, 0.2) is 29.4 Å². The normalized spacial score (nSPS) is 10.9. The van der Waals surface area contributed by atoms with E-state index in [1.54, 1.807) is 35.9 Å². The van der Waals surface area contributed by atoms with E-state index in [0.717, 1.165) is 17.0 Å². The summed E-state index contributed by atoms with van der Waals surface area (Å²) in [7, 11) is 1.59. The first kappa shape index (κ1) is 17.2. The van der Waals surface area contributed by atoms with Crippen molar-refractivity contribution in [1.82, 2.24) is 19.6 Å². The molecule has 0 radical (unpaired) electrons. The molecule has 130 valence electrons. The number of fused-ring (bicyclic) bond motifs is 1. The number of nitrogens with zero attached hydrogens (tertiary/aromatic N) is 4. The summed E-state index contributed by atoms with van der Waals surface area (Å²) in [6, 6.07) is 6.87. The van der Waals surface area contributed by atoms with Gasteiger partial charge in [0.25, 0.3) is 5.78 Å². The minimum Gasteiger partial charge on any atom is -0.497 e. The Morgan fingerprint density at radius 1 is 1.16 bits per heavy atom. The Morgan fingerprint density at radius 3 is 2.48 bits per heavy atom. The average molecular weight is 358 g/mol. The first-order chi connectivity index (χ1) is 12.0. The van der Waals surface area contributed by atoms with Gasteiger partial charge in [-0.25, -0.2) is 9.50 Å². The van der Waals surface area contributed by atoms with Gasteiger partial charge < -0.3 is 9.47 Å². The van der Waals surface area contributed by atoms with Crippen LogP contribution in [0, 0.1) is 13.8 Å². The molecule has 0 aliphatic carbocycles. The van der Waals surface area contributed by atoms with E-state index >= 15 is 0 Å². The molecule has 0 spiro atoms. The third-order valence-electron chi connectivity index (χ3n) is 3.82. The maximum absolute atomic E-state index is 12.3. The Balaban J connectivity index is 1.82. The minimum atomic E-state index is -0.359. The number of thioether (sulfide) groups is 1. The highest BCUT2D eigenvalue weighted by Gasteiger charge is 2.17. The van der Waals surface area contributed by atoms with Crippen molar-refractivity contribution in [1.29, 1.82) is 0 Å². The van der Waals surface area contributed by atoms with Gasteiger partial charge in [0.15, 0.2) is 0 Å². The first-order valence-corrected chi connectivity index (χ1v) is 8.86. The van der Waals surface area contributed by atoms with Crippen molar-refractivity contribution in [3.05, 3.63) is 41.2 Å². The minimum absolute atomic E-state index is 0.112. The molecule has 2 aromatic heterocycles. The van der Waals surface area contributed by atoms with Gasteiger partial charge in [0.2, 0.25) is 5.16 Å². The van der Waals surface area contributed by atoms with Gasteiger partial charge in [0, 0.05) is 17.0 Å². The molecule has 25 heavy (non-hydrogen) atoms. The fraction of sp³-hybridized carbons (Fsp3) is 0.294. The third-order valence-corrected chi connectivity index (χ3v) is 4.36. The molecule has 0 aliphatic rings. The monoisotopic (exact) mass is 358 g/mol. The Labute approximate surface area is 149 Å². The fourth-order valence-corrected chi connectivity index (χ4v) is 2.82. The zero-order valence-electron chi connectivity index (χ0n) is 14.4. The van der Waals surface area contributed by atoms with Gasteiger partial charge in [0.1, 0.15) is 11.5 Å². The largest absolute Gasteiger partial charge is 0.497 e. The van der Waals surface area contributed by atoms with Crippen molar-refractivity contribution in [2.75, 3.05) is 13.4 Å². The molecule has 1 aromatic carbocycles. The topological polar surface area (TPSA) is 78.6 Å². The Bertz CT molecular complexity index is 922. The van der Waals surface area contributed by atoms with E-state index in [-0.39, 0.29) is 12.4 Å². The molecule has 8 heteroatoms. The molecule has 0 N–H and O–H groups in total. The lowest BCUT2D eigenvalue weighted by atomic mass is 10.1. The summed E-state index contributed by atoms with van der Waals surface area (Å²) < 4.78 is 12.1. The lowest BCUT2D eigenvalue weighted by Crippen LogP contribution is -2.15. The molecular formula is C17H18N4O3S. The number of methoxy groups -OCH3 is 1. The highest BCUT2D eigenvalue weighted by Crippen LogP contribution is 2.20. The van der Waals surface area contributed by atoms with Crippen LogP contribution in [0.5, 0.6) is 11.5 Å². The zero-order valence-corrected chi connectivity index (χ0v) is 15.3. The van der Waals surface area contributed by atoms with Gasteiger partial charge in [0.05, 0.1) is 13.5 Å². The maximum atomic E-state index is 12.3. The lowest BCUT2D eigenvalue weighted by molar-refractivity contribution is -0.133. The van der Waals surface area contributed by atoms with Crippen LogP contribution < -0.4 is 9.47 Å². The number of ether oxygens (including phenoxy) is 2. The quantitative estimate of drug-likeness (QED) is 0.394. The highest BCUT2D eigenvalue weighted by molar-refractivity contribution is 7.98. The van der Waals surface area contributed by atoms with Gasteiger partial charge in [-0.3, -0.25) is 4.79 Å². The molecule has 7 nitrogen and oxygen atoms in total. The van der Waals surface area contributed by atoms with E-state index in [1.165, 1.54) is 11.8 Å². The molecular weight excluding hydrogens is 340 g/mol. The van der Waals surface area contributed by atoms with E-state index in [9.17, 15) is 4.79 Å². The summed E-state index contributed by atoms with van der Waals surface area (Å²) >= 11 is 1.45. The van der Waals surface area contributed by atoms with Crippen molar-refractivity contribution in [2.45, 2.75) is 25.4 Å². The van der Waals surface area contributed by atoms with E-state index in [1.807, 2.05) is 20.1 Å². The van der Waals surface area contributed by atoms with Gasteiger partial charge in [-0.05, 0) is 44.4 Å². The van der Waals surface area contributed by atoms with Crippen molar-refractivity contribution < 1.29 is 14.3 Å². The van der Waals surface area contributed by atoms with Crippen LogP contribution in [0.4, 0.5) is 0 Å². The van der Waals surface area contributed by atoms with Crippen LogP contribution in [0.25, 0.3) is 5.78 Å². The summed E-state index contributed by atoms with van der Waals surface area (Å²) in [4.78, 5) is 21.1. The molecule has 0 amide bonds. The Morgan fingerprint density at radius 2 is 1.84 bits per heavy atom. The average Bonchev–Trinajstić information content (AvgIpc) is 3.02. The van der Waals surface area contributed by atoms with E-state index < -0.39 is 0 Å². The highest BCUT2D eigenvalue weighted by atomic mass is 32.2. The number of benzene rings is 1. The van der Waals surface area contributed by atoms with Gasteiger partial charge in [-0.1, -0.05) is 11.8 Å². The van der Waals surface area contributed by atoms with Crippen molar-refractivity contribution in [3.8, 4) is 11.5 Å². The second kappa shape index (κ2) is 7.10. The summed E-state index contributed by atoms with van der Waals surface area (Å²) in [6.45, 7) is 3.76. The maximum Gasteiger partial charge on any atom is 0.315 e. The van der Waals surface area contributed by atoms with Crippen LogP contribution in [-0.2, 0) is 11.2 Å². The second-order valence-electron chi connectivity index (χ2n) is 5.40. The molecule has 0 saturated carbocycles. The van der Waals surface area contributed by atoms with Gasteiger partial charge in [-0.15, -0.1) is 5.10 Å². The fourth-order valence-electron chi connectivity index (χ4n) is 2.49.